The standard InChI is InChI=1S/C14H19Cl2NO2S/c1-3-17(9-10(2)14(18)19)6-7-20-13-8-11(15)4-5-12(13)16/h4-5,8,10H,3,6-7,9H2,1-2H3,(H,18,19). The van der Waals surface area contributed by atoms with E-state index in [0.717, 1.165) is 23.7 Å². The van der Waals surface area contributed by atoms with Crippen LogP contribution in [-0.2, 0) is 4.79 Å². The largest absolute Gasteiger partial charge is 0.481 e. The van der Waals surface area contributed by atoms with Gasteiger partial charge in [-0.05, 0) is 24.7 Å². The van der Waals surface area contributed by atoms with Gasteiger partial charge in [-0.1, -0.05) is 37.0 Å². The third-order valence-electron chi connectivity index (χ3n) is 2.96. The normalized spacial score (nSPS) is 12.7. The number of hydrogen-bond acceptors (Lipinski definition) is 3. The quantitative estimate of drug-likeness (QED) is 0.725. The zero-order valence-electron chi connectivity index (χ0n) is 11.6. The topological polar surface area (TPSA) is 40.5 Å². The van der Waals surface area contributed by atoms with E-state index in [1.165, 1.54) is 0 Å². The molecular weight excluding hydrogens is 317 g/mol. The Morgan fingerprint density at radius 3 is 2.75 bits per heavy atom. The fourth-order valence-electron chi connectivity index (χ4n) is 1.72. The molecule has 0 aliphatic rings. The first-order chi connectivity index (χ1) is 9.43. The lowest BCUT2D eigenvalue weighted by Crippen LogP contribution is -2.33. The summed E-state index contributed by atoms with van der Waals surface area (Å²) in [5.74, 6) is -0.260. The molecule has 0 amide bonds. The van der Waals surface area contributed by atoms with Crippen LogP contribution < -0.4 is 0 Å². The van der Waals surface area contributed by atoms with Gasteiger partial charge in [0.2, 0.25) is 0 Å². The molecule has 0 aliphatic heterocycles. The number of rotatable bonds is 8. The smallest absolute Gasteiger partial charge is 0.307 e. The summed E-state index contributed by atoms with van der Waals surface area (Å²) >= 11 is 13.7. The summed E-state index contributed by atoms with van der Waals surface area (Å²) in [5, 5.41) is 10.3. The second-order valence-corrected chi connectivity index (χ2v) is 6.54. The van der Waals surface area contributed by atoms with Crippen LogP contribution in [0.3, 0.4) is 0 Å². The van der Waals surface area contributed by atoms with Gasteiger partial charge in [0.15, 0.2) is 0 Å². The zero-order chi connectivity index (χ0) is 15.1. The van der Waals surface area contributed by atoms with Crippen molar-refractivity contribution >= 4 is 40.9 Å². The van der Waals surface area contributed by atoms with Crippen LogP contribution in [0.25, 0.3) is 0 Å². The third kappa shape index (κ3) is 5.92. The Labute approximate surface area is 134 Å². The molecule has 0 bridgehead atoms. The minimum Gasteiger partial charge on any atom is -0.481 e. The second-order valence-electron chi connectivity index (χ2n) is 4.56. The van der Waals surface area contributed by atoms with Crippen molar-refractivity contribution in [2.45, 2.75) is 18.7 Å². The number of thioether (sulfide) groups is 1. The molecule has 1 aromatic rings. The van der Waals surface area contributed by atoms with Gasteiger partial charge in [0.1, 0.15) is 0 Å². The van der Waals surface area contributed by atoms with Crippen molar-refractivity contribution in [1.29, 1.82) is 0 Å². The molecule has 0 saturated carbocycles. The summed E-state index contributed by atoms with van der Waals surface area (Å²) in [6, 6.07) is 5.40. The molecule has 1 N–H and O–H groups in total. The van der Waals surface area contributed by atoms with Gasteiger partial charge in [0, 0.05) is 28.8 Å². The molecule has 1 unspecified atom stereocenters. The molecule has 0 heterocycles. The molecule has 3 nitrogen and oxygen atoms in total. The van der Waals surface area contributed by atoms with E-state index in [4.69, 9.17) is 28.3 Å². The molecule has 20 heavy (non-hydrogen) atoms. The molecule has 0 spiro atoms. The van der Waals surface area contributed by atoms with Crippen LogP contribution in [0.15, 0.2) is 23.1 Å². The summed E-state index contributed by atoms with van der Waals surface area (Å²) in [4.78, 5) is 14.0. The Morgan fingerprint density at radius 2 is 2.15 bits per heavy atom. The van der Waals surface area contributed by atoms with E-state index < -0.39 is 5.97 Å². The molecule has 0 aromatic heterocycles. The lowest BCUT2D eigenvalue weighted by Gasteiger charge is -2.22. The summed E-state index contributed by atoms with van der Waals surface area (Å²) in [5.41, 5.74) is 0. The maximum absolute atomic E-state index is 10.9. The zero-order valence-corrected chi connectivity index (χ0v) is 13.9. The van der Waals surface area contributed by atoms with E-state index >= 15 is 0 Å². The minimum atomic E-state index is -0.756. The van der Waals surface area contributed by atoms with Crippen molar-refractivity contribution in [3.63, 3.8) is 0 Å². The monoisotopic (exact) mass is 335 g/mol. The highest BCUT2D eigenvalue weighted by Gasteiger charge is 2.15. The highest BCUT2D eigenvalue weighted by atomic mass is 35.5. The SMILES string of the molecule is CCN(CCSc1cc(Cl)ccc1Cl)CC(C)C(=O)O. The fraction of sp³-hybridized carbons (Fsp3) is 0.500. The van der Waals surface area contributed by atoms with Crippen molar-refractivity contribution in [3.05, 3.63) is 28.2 Å². The number of carbonyl (C=O) groups is 1. The first kappa shape index (κ1) is 17.6. The van der Waals surface area contributed by atoms with Crippen molar-refractivity contribution in [3.8, 4) is 0 Å². The number of hydrogen-bond donors (Lipinski definition) is 1. The Morgan fingerprint density at radius 1 is 1.45 bits per heavy atom. The summed E-state index contributed by atoms with van der Waals surface area (Å²) < 4.78 is 0. The average molecular weight is 336 g/mol. The number of nitrogens with zero attached hydrogens (tertiary/aromatic N) is 1. The van der Waals surface area contributed by atoms with E-state index in [0.29, 0.717) is 16.6 Å². The van der Waals surface area contributed by atoms with Crippen LogP contribution in [0.5, 0.6) is 0 Å². The Hall–Kier alpha value is -0.420. The van der Waals surface area contributed by atoms with Gasteiger partial charge in [-0.25, -0.2) is 0 Å². The number of aliphatic carboxylic acids is 1. The molecule has 0 saturated heterocycles. The maximum Gasteiger partial charge on any atom is 0.307 e. The molecule has 112 valence electrons. The Kier molecular flexibility index (Phi) is 7.74. The lowest BCUT2D eigenvalue weighted by atomic mass is 10.2. The number of benzene rings is 1. The van der Waals surface area contributed by atoms with Crippen molar-refractivity contribution in [2.75, 3.05) is 25.4 Å². The van der Waals surface area contributed by atoms with Crippen molar-refractivity contribution < 1.29 is 9.90 Å². The summed E-state index contributed by atoms with van der Waals surface area (Å²) in [6.45, 7) is 5.98. The second kappa shape index (κ2) is 8.78. The lowest BCUT2D eigenvalue weighted by molar-refractivity contribution is -0.141. The van der Waals surface area contributed by atoms with E-state index in [-0.39, 0.29) is 5.92 Å². The van der Waals surface area contributed by atoms with Crippen molar-refractivity contribution in [1.82, 2.24) is 4.90 Å². The predicted molar refractivity (Wildman–Crippen MR) is 86.1 cm³/mol. The van der Waals surface area contributed by atoms with E-state index in [2.05, 4.69) is 4.90 Å². The summed E-state index contributed by atoms with van der Waals surface area (Å²) in [6.07, 6.45) is 0. The average Bonchev–Trinajstić information content (AvgIpc) is 2.41. The number of carboxylic acid groups (broad SMARTS) is 1. The van der Waals surface area contributed by atoms with Gasteiger partial charge in [-0.3, -0.25) is 4.79 Å². The van der Waals surface area contributed by atoms with Crippen LogP contribution in [0.4, 0.5) is 0 Å². The molecule has 0 radical (unpaired) electrons. The van der Waals surface area contributed by atoms with Crippen LogP contribution in [0.2, 0.25) is 10.0 Å². The number of carboxylic acids is 1. The van der Waals surface area contributed by atoms with E-state index in [1.807, 2.05) is 13.0 Å². The molecule has 1 aromatic carbocycles. The highest BCUT2D eigenvalue weighted by Crippen LogP contribution is 2.29. The van der Waals surface area contributed by atoms with E-state index in [9.17, 15) is 4.79 Å². The molecule has 1 atom stereocenters. The summed E-state index contributed by atoms with van der Waals surface area (Å²) in [7, 11) is 0. The van der Waals surface area contributed by atoms with Crippen molar-refractivity contribution in [2.24, 2.45) is 5.92 Å². The molecule has 1 rings (SSSR count). The van der Waals surface area contributed by atoms with E-state index in [1.54, 1.807) is 30.8 Å². The third-order valence-corrected chi connectivity index (χ3v) is 4.67. The Bertz CT molecular complexity index is 457. The van der Waals surface area contributed by atoms with Gasteiger partial charge in [-0.2, -0.15) is 0 Å². The first-order valence-corrected chi connectivity index (χ1v) is 8.21. The van der Waals surface area contributed by atoms with Gasteiger partial charge in [-0.15, -0.1) is 11.8 Å². The molecular formula is C14H19Cl2NO2S. The molecule has 6 heteroatoms. The fourth-order valence-corrected chi connectivity index (χ4v) is 3.22. The Balaban J connectivity index is 2.45. The van der Waals surface area contributed by atoms with Crippen LogP contribution >= 0.6 is 35.0 Å². The predicted octanol–water partition coefficient (Wildman–Crippen LogP) is 4.13. The van der Waals surface area contributed by atoms with Crippen LogP contribution in [-0.4, -0.2) is 41.4 Å². The molecule has 0 aliphatic carbocycles. The minimum absolute atomic E-state index is 0.352. The van der Waals surface area contributed by atoms with Gasteiger partial charge in [0.05, 0.1) is 10.9 Å². The van der Waals surface area contributed by atoms with Crippen LogP contribution in [0.1, 0.15) is 13.8 Å². The highest BCUT2D eigenvalue weighted by molar-refractivity contribution is 7.99. The van der Waals surface area contributed by atoms with Gasteiger partial charge < -0.3 is 10.0 Å². The maximum atomic E-state index is 10.9. The number of halogens is 2. The van der Waals surface area contributed by atoms with Crippen LogP contribution in [0, 0.1) is 5.92 Å². The van der Waals surface area contributed by atoms with Gasteiger partial charge >= 0.3 is 5.97 Å². The molecule has 0 fully saturated rings. The first-order valence-electron chi connectivity index (χ1n) is 6.47. The van der Waals surface area contributed by atoms with Gasteiger partial charge in [0.25, 0.3) is 0 Å².